The molecule has 1 amide bonds. The first kappa shape index (κ1) is 30.0. The number of carbonyl (C=O) groups excluding carboxylic acids is 1. The Bertz CT molecular complexity index is 1740. The first-order chi connectivity index (χ1) is 20.5. The number of carbonyl (C=O) groups is 1. The normalized spacial score (nSPS) is 16.4. The monoisotopic (exact) mass is 601 g/mol. The van der Waals surface area contributed by atoms with Gasteiger partial charge in [-0.1, -0.05) is 38.1 Å². The van der Waals surface area contributed by atoms with Crippen LogP contribution < -0.4 is 14.2 Å². The number of amides is 1. The van der Waals surface area contributed by atoms with E-state index >= 15 is 0 Å². The highest BCUT2D eigenvalue weighted by Gasteiger charge is 2.29. The van der Waals surface area contributed by atoms with E-state index in [0.717, 1.165) is 16.7 Å². The number of sulfonamides is 1. The van der Waals surface area contributed by atoms with Crippen molar-refractivity contribution in [1.82, 2.24) is 19.9 Å². The molecule has 10 nitrogen and oxygen atoms in total. The minimum atomic E-state index is -4.15. The molecule has 0 saturated carbocycles. The third-order valence-electron chi connectivity index (χ3n) is 7.28. The predicted octanol–water partition coefficient (Wildman–Crippen LogP) is 5.41. The van der Waals surface area contributed by atoms with E-state index in [1.165, 1.54) is 12.1 Å². The van der Waals surface area contributed by atoms with Crippen molar-refractivity contribution in [2.75, 3.05) is 18.4 Å². The van der Waals surface area contributed by atoms with Crippen LogP contribution in [0.4, 0.5) is 5.95 Å². The van der Waals surface area contributed by atoms with Gasteiger partial charge in [0.25, 0.3) is 15.9 Å². The number of aromatic nitrogens is 3. The SMILES string of the molecule is COc1ccnc(CN2C(=O)c3cccc(c3)S(=O)(=O)Nc3nc(cc(-c4c(C)cccc4C)n3)OC[C@H]2CC(C)C)c1. The fourth-order valence-electron chi connectivity index (χ4n) is 5.25. The van der Waals surface area contributed by atoms with Crippen LogP contribution in [-0.4, -0.2) is 53.9 Å². The molecule has 0 spiro atoms. The first-order valence-corrected chi connectivity index (χ1v) is 15.5. The molecule has 3 heterocycles. The highest BCUT2D eigenvalue weighted by atomic mass is 32.2. The van der Waals surface area contributed by atoms with Crippen molar-refractivity contribution < 1.29 is 22.7 Å². The van der Waals surface area contributed by atoms with Gasteiger partial charge in [-0.05, 0) is 61.6 Å². The van der Waals surface area contributed by atoms with Gasteiger partial charge >= 0.3 is 0 Å². The molecule has 11 heteroatoms. The van der Waals surface area contributed by atoms with E-state index in [0.29, 0.717) is 23.6 Å². The highest BCUT2D eigenvalue weighted by Crippen LogP contribution is 2.30. The number of aryl methyl sites for hydroxylation is 2. The minimum Gasteiger partial charge on any atom is -0.497 e. The predicted molar refractivity (Wildman–Crippen MR) is 164 cm³/mol. The zero-order valence-electron chi connectivity index (χ0n) is 24.9. The van der Waals surface area contributed by atoms with E-state index in [4.69, 9.17) is 9.47 Å². The lowest BCUT2D eigenvalue weighted by Crippen LogP contribution is -2.44. The Morgan fingerprint density at radius 2 is 1.79 bits per heavy atom. The summed E-state index contributed by atoms with van der Waals surface area (Å²) in [4.78, 5) is 29.2. The fourth-order valence-corrected chi connectivity index (χ4v) is 6.24. The van der Waals surface area contributed by atoms with Crippen LogP contribution in [0, 0.1) is 19.8 Å². The number of fused-ring (bicyclic) bond motifs is 4. The Morgan fingerprint density at radius 1 is 1.05 bits per heavy atom. The quantitative estimate of drug-likeness (QED) is 0.311. The topological polar surface area (TPSA) is 124 Å². The van der Waals surface area contributed by atoms with Crippen molar-refractivity contribution in [3.05, 3.63) is 89.2 Å². The van der Waals surface area contributed by atoms with Crippen molar-refractivity contribution in [2.45, 2.75) is 51.6 Å². The van der Waals surface area contributed by atoms with Crippen LogP contribution in [0.5, 0.6) is 11.6 Å². The number of anilines is 1. The zero-order chi connectivity index (χ0) is 30.7. The lowest BCUT2D eigenvalue weighted by Gasteiger charge is -2.33. The molecule has 0 saturated heterocycles. The summed E-state index contributed by atoms with van der Waals surface area (Å²) in [6.45, 7) is 8.37. The van der Waals surface area contributed by atoms with Crippen molar-refractivity contribution in [1.29, 1.82) is 0 Å². The van der Waals surface area contributed by atoms with Gasteiger partial charge in [0.15, 0.2) is 0 Å². The Kier molecular flexibility index (Phi) is 8.63. The molecular weight excluding hydrogens is 566 g/mol. The van der Waals surface area contributed by atoms with E-state index in [1.54, 1.807) is 48.5 Å². The van der Waals surface area contributed by atoms with Gasteiger partial charge in [0.1, 0.15) is 12.4 Å². The number of hydrogen-bond donors (Lipinski definition) is 1. The molecule has 2 aromatic heterocycles. The van der Waals surface area contributed by atoms with Gasteiger partial charge in [-0.3, -0.25) is 9.78 Å². The van der Waals surface area contributed by atoms with Gasteiger partial charge in [-0.15, -0.1) is 0 Å². The molecular formula is C32H35N5O5S. The van der Waals surface area contributed by atoms with E-state index in [-0.39, 0.29) is 47.3 Å². The van der Waals surface area contributed by atoms with Crippen LogP contribution in [0.25, 0.3) is 11.3 Å². The molecule has 2 aromatic carbocycles. The standard InChI is InChI=1S/C32H35N5O5S/c1-20(2)14-25-19-42-29-17-28(30-21(3)8-6-9-22(30)4)34-32(35-29)36-43(39,40)27-11-7-10-23(15-27)31(38)37(25)18-24-16-26(41-5)12-13-33-24/h6-13,15-17,20,25H,14,18-19H2,1-5H3,(H,34,35,36)/t25-/m1/s1. The minimum absolute atomic E-state index is 0.0824. The van der Waals surface area contributed by atoms with Crippen molar-refractivity contribution in [3.8, 4) is 22.9 Å². The number of nitrogens with zero attached hydrogens (tertiary/aromatic N) is 4. The third-order valence-corrected chi connectivity index (χ3v) is 8.61. The van der Waals surface area contributed by atoms with Crippen molar-refractivity contribution in [3.63, 3.8) is 0 Å². The van der Waals surface area contributed by atoms with Crippen molar-refractivity contribution >= 4 is 21.9 Å². The molecule has 0 radical (unpaired) electrons. The maximum Gasteiger partial charge on any atom is 0.264 e. The molecule has 1 N–H and O–H groups in total. The largest absolute Gasteiger partial charge is 0.497 e. The van der Waals surface area contributed by atoms with Gasteiger partial charge in [0.2, 0.25) is 11.8 Å². The lowest BCUT2D eigenvalue weighted by molar-refractivity contribution is 0.0549. The number of pyridine rings is 1. The Labute approximate surface area is 252 Å². The average molecular weight is 602 g/mol. The zero-order valence-corrected chi connectivity index (χ0v) is 25.7. The smallest absolute Gasteiger partial charge is 0.264 e. The molecule has 0 aliphatic carbocycles. The number of hydrogen-bond acceptors (Lipinski definition) is 8. The van der Waals surface area contributed by atoms with E-state index in [9.17, 15) is 13.2 Å². The van der Waals surface area contributed by atoms with Crippen LogP contribution >= 0.6 is 0 Å². The van der Waals surface area contributed by atoms with Gasteiger partial charge in [0.05, 0.1) is 36.0 Å². The second-order valence-corrected chi connectivity index (χ2v) is 12.7. The Hall–Kier alpha value is -4.51. The van der Waals surface area contributed by atoms with Crippen LogP contribution in [0.15, 0.2) is 71.8 Å². The van der Waals surface area contributed by atoms with Gasteiger partial charge in [0, 0.05) is 29.5 Å². The molecule has 1 aliphatic rings. The summed E-state index contributed by atoms with van der Waals surface area (Å²) < 4.78 is 41.2. The van der Waals surface area contributed by atoms with E-state index < -0.39 is 16.1 Å². The van der Waals surface area contributed by atoms with Crippen LogP contribution in [-0.2, 0) is 16.6 Å². The maximum atomic E-state index is 14.1. The number of methoxy groups -OCH3 is 1. The van der Waals surface area contributed by atoms with E-state index in [1.807, 2.05) is 32.0 Å². The maximum absolute atomic E-state index is 14.1. The molecule has 0 fully saturated rings. The Morgan fingerprint density at radius 3 is 2.51 bits per heavy atom. The van der Waals surface area contributed by atoms with Gasteiger partial charge in [-0.2, -0.15) is 4.98 Å². The summed E-state index contributed by atoms with van der Waals surface area (Å²) in [6.07, 6.45) is 2.25. The summed E-state index contributed by atoms with van der Waals surface area (Å²) in [5, 5.41) is 0. The lowest BCUT2D eigenvalue weighted by atomic mass is 10.00. The van der Waals surface area contributed by atoms with Crippen molar-refractivity contribution in [2.24, 2.45) is 5.92 Å². The van der Waals surface area contributed by atoms with E-state index in [2.05, 4.69) is 33.5 Å². The van der Waals surface area contributed by atoms with Crippen LogP contribution in [0.1, 0.15) is 47.4 Å². The molecule has 5 rings (SSSR count). The number of ether oxygens (including phenoxy) is 2. The van der Waals surface area contributed by atoms with Crippen LogP contribution in [0.2, 0.25) is 0 Å². The summed E-state index contributed by atoms with van der Waals surface area (Å²) in [7, 11) is -2.58. The number of rotatable bonds is 6. The molecule has 43 heavy (non-hydrogen) atoms. The molecule has 224 valence electrons. The van der Waals surface area contributed by atoms with Gasteiger partial charge < -0.3 is 14.4 Å². The average Bonchev–Trinajstić information content (AvgIpc) is 2.97. The second kappa shape index (κ2) is 12.4. The third kappa shape index (κ3) is 6.77. The van der Waals surface area contributed by atoms with Crippen LogP contribution in [0.3, 0.4) is 0 Å². The fraction of sp³-hybridized carbons (Fsp3) is 0.312. The molecule has 4 aromatic rings. The second-order valence-electron chi connectivity index (χ2n) is 11.0. The summed E-state index contributed by atoms with van der Waals surface area (Å²) in [5.74, 6) is 0.564. The number of nitrogens with one attached hydrogen (secondary N) is 1. The molecule has 1 atom stereocenters. The highest BCUT2D eigenvalue weighted by molar-refractivity contribution is 7.92. The molecule has 1 aliphatic heterocycles. The summed E-state index contributed by atoms with van der Waals surface area (Å²) in [6, 6.07) is 16.7. The van der Waals surface area contributed by atoms with Gasteiger partial charge in [-0.25, -0.2) is 18.1 Å². The molecule has 4 bridgehead atoms. The summed E-state index contributed by atoms with van der Waals surface area (Å²) in [5.41, 5.74) is 4.19. The molecule has 0 unspecified atom stereocenters. The number of benzene rings is 2. The Balaban J connectivity index is 1.66. The first-order valence-electron chi connectivity index (χ1n) is 14.1. The summed E-state index contributed by atoms with van der Waals surface area (Å²) >= 11 is 0.